The summed E-state index contributed by atoms with van der Waals surface area (Å²) in [6.07, 6.45) is 0.343. The first-order valence-electron chi connectivity index (χ1n) is 7.04. The monoisotopic (exact) mass is 283 g/mol. The number of carbonyl (C=O) groups is 1. The largest absolute Gasteiger partial charge is 0.485 e. The average molecular weight is 283 g/mol. The molecule has 3 rings (SSSR count). The standard InChI is InChI=1S/C17H17NO3/c1-2-12-7-9-13(10-8-12)18-17(19)16-11-20-14-5-3-4-6-15(14)21-16/h3-10,16H,2,11H2,1H3,(H,18,19). The van der Waals surface area contributed by atoms with E-state index < -0.39 is 6.10 Å². The summed E-state index contributed by atoms with van der Waals surface area (Å²) in [5.41, 5.74) is 2.00. The summed E-state index contributed by atoms with van der Waals surface area (Å²) in [6, 6.07) is 15.1. The van der Waals surface area contributed by atoms with Crippen LogP contribution in [0.1, 0.15) is 12.5 Å². The van der Waals surface area contributed by atoms with Crippen LogP contribution in [0.25, 0.3) is 0 Å². The molecule has 1 aliphatic rings. The lowest BCUT2D eigenvalue weighted by atomic mass is 10.1. The molecule has 4 heteroatoms. The molecule has 0 spiro atoms. The summed E-state index contributed by atoms with van der Waals surface area (Å²) in [5.74, 6) is 1.08. The second-order valence-corrected chi connectivity index (χ2v) is 4.90. The van der Waals surface area contributed by atoms with Crippen LogP contribution in [0.2, 0.25) is 0 Å². The number of benzene rings is 2. The zero-order valence-electron chi connectivity index (χ0n) is 11.8. The minimum absolute atomic E-state index is 0.200. The maximum atomic E-state index is 12.2. The van der Waals surface area contributed by atoms with Crippen molar-refractivity contribution in [3.8, 4) is 11.5 Å². The van der Waals surface area contributed by atoms with E-state index in [1.165, 1.54) is 5.56 Å². The van der Waals surface area contributed by atoms with Crippen molar-refractivity contribution in [1.82, 2.24) is 0 Å². The molecule has 0 saturated heterocycles. The predicted molar refractivity (Wildman–Crippen MR) is 80.8 cm³/mol. The lowest BCUT2D eigenvalue weighted by molar-refractivity contribution is -0.125. The molecule has 0 saturated carbocycles. The zero-order valence-corrected chi connectivity index (χ0v) is 11.8. The Labute approximate surface area is 123 Å². The van der Waals surface area contributed by atoms with Crippen molar-refractivity contribution in [2.45, 2.75) is 19.4 Å². The Morgan fingerprint density at radius 1 is 1.14 bits per heavy atom. The van der Waals surface area contributed by atoms with Crippen LogP contribution in [-0.4, -0.2) is 18.6 Å². The molecule has 1 unspecified atom stereocenters. The second-order valence-electron chi connectivity index (χ2n) is 4.90. The molecule has 21 heavy (non-hydrogen) atoms. The van der Waals surface area contributed by atoms with E-state index in [9.17, 15) is 4.79 Å². The van der Waals surface area contributed by atoms with Crippen LogP contribution in [0.5, 0.6) is 11.5 Å². The number of aryl methyl sites for hydroxylation is 1. The molecule has 2 aromatic carbocycles. The van der Waals surface area contributed by atoms with E-state index in [2.05, 4.69) is 12.2 Å². The highest BCUT2D eigenvalue weighted by Crippen LogP contribution is 2.31. The fourth-order valence-electron chi connectivity index (χ4n) is 2.20. The molecule has 4 nitrogen and oxygen atoms in total. The summed E-state index contributed by atoms with van der Waals surface area (Å²) in [6.45, 7) is 2.31. The Bertz CT molecular complexity index is 637. The third-order valence-electron chi connectivity index (χ3n) is 3.43. The van der Waals surface area contributed by atoms with Crippen molar-refractivity contribution in [2.24, 2.45) is 0 Å². The third-order valence-corrected chi connectivity index (χ3v) is 3.43. The number of para-hydroxylation sites is 2. The number of carbonyl (C=O) groups excluding carboxylic acids is 1. The van der Waals surface area contributed by atoms with Gasteiger partial charge in [-0.15, -0.1) is 0 Å². The highest BCUT2D eigenvalue weighted by atomic mass is 16.6. The highest BCUT2D eigenvalue weighted by molar-refractivity contribution is 5.94. The fourth-order valence-corrected chi connectivity index (χ4v) is 2.20. The predicted octanol–water partition coefficient (Wildman–Crippen LogP) is 3.03. The summed E-state index contributed by atoms with van der Waals surface area (Å²) >= 11 is 0. The highest BCUT2D eigenvalue weighted by Gasteiger charge is 2.27. The Morgan fingerprint density at radius 2 is 1.86 bits per heavy atom. The van der Waals surface area contributed by atoms with Crippen molar-refractivity contribution in [2.75, 3.05) is 11.9 Å². The first kappa shape index (κ1) is 13.5. The van der Waals surface area contributed by atoms with Crippen molar-refractivity contribution in [3.63, 3.8) is 0 Å². The maximum Gasteiger partial charge on any atom is 0.269 e. The molecular weight excluding hydrogens is 266 g/mol. The number of rotatable bonds is 3. The molecule has 2 aromatic rings. The summed E-state index contributed by atoms with van der Waals surface area (Å²) in [4.78, 5) is 12.2. The normalized spacial score (nSPS) is 16.3. The third kappa shape index (κ3) is 2.99. The molecule has 1 atom stereocenters. The van der Waals surface area contributed by atoms with Crippen LogP contribution in [0.3, 0.4) is 0 Å². The van der Waals surface area contributed by atoms with E-state index in [1.807, 2.05) is 42.5 Å². The van der Waals surface area contributed by atoms with Crippen LogP contribution in [0, 0.1) is 0 Å². The van der Waals surface area contributed by atoms with Gasteiger partial charge in [0.2, 0.25) is 6.10 Å². The van der Waals surface area contributed by atoms with Crippen molar-refractivity contribution in [1.29, 1.82) is 0 Å². The van der Waals surface area contributed by atoms with Gasteiger partial charge >= 0.3 is 0 Å². The zero-order chi connectivity index (χ0) is 14.7. The van der Waals surface area contributed by atoms with Gasteiger partial charge in [-0.1, -0.05) is 31.2 Å². The van der Waals surface area contributed by atoms with Gasteiger partial charge in [0.05, 0.1) is 0 Å². The van der Waals surface area contributed by atoms with E-state index >= 15 is 0 Å². The van der Waals surface area contributed by atoms with E-state index in [-0.39, 0.29) is 12.5 Å². The number of nitrogens with one attached hydrogen (secondary N) is 1. The van der Waals surface area contributed by atoms with Gasteiger partial charge in [0, 0.05) is 5.69 Å². The van der Waals surface area contributed by atoms with Gasteiger partial charge in [-0.05, 0) is 36.2 Å². The molecule has 1 N–H and O–H groups in total. The Morgan fingerprint density at radius 3 is 2.57 bits per heavy atom. The quantitative estimate of drug-likeness (QED) is 0.942. The van der Waals surface area contributed by atoms with Gasteiger partial charge in [0.25, 0.3) is 5.91 Å². The van der Waals surface area contributed by atoms with E-state index in [1.54, 1.807) is 6.07 Å². The number of hydrogen-bond donors (Lipinski definition) is 1. The van der Waals surface area contributed by atoms with Crippen molar-refractivity contribution >= 4 is 11.6 Å². The van der Waals surface area contributed by atoms with Crippen LogP contribution < -0.4 is 14.8 Å². The van der Waals surface area contributed by atoms with Gasteiger partial charge in [0.1, 0.15) is 6.61 Å². The molecular formula is C17H17NO3. The first-order valence-corrected chi connectivity index (χ1v) is 7.04. The van der Waals surface area contributed by atoms with E-state index in [0.717, 1.165) is 12.1 Å². The molecule has 0 fully saturated rings. The minimum atomic E-state index is -0.634. The van der Waals surface area contributed by atoms with E-state index in [0.29, 0.717) is 11.5 Å². The Balaban J connectivity index is 1.66. The number of anilines is 1. The van der Waals surface area contributed by atoms with E-state index in [4.69, 9.17) is 9.47 Å². The average Bonchev–Trinajstić information content (AvgIpc) is 2.55. The molecule has 108 valence electrons. The Hall–Kier alpha value is -2.49. The number of amides is 1. The van der Waals surface area contributed by atoms with Crippen molar-refractivity contribution < 1.29 is 14.3 Å². The molecule has 0 aromatic heterocycles. The van der Waals surface area contributed by atoms with Gasteiger partial charge in [-0.2, -0.15) is 0 Å². The summed E-state index contributed by atoms with van der Waals surface area (Å²) < 4.78 is 11.2. The minimum Gasteiger partial charge on any atom is -0.485 e. The van der Waals surface area contributed by atoms with Crippen molar-refractivity contribution in [3.05, 3.63) is 54.1 Å². The lowest BCUT2D eigenvalue weighted by Gasteiger charge is -2.25. The topological polar surface area (TPSA) is 47.6 Å². The molecule has 0 radical (unpaired) electrons. The van der Waals surface area contributed by atoms with Crippen LogP contribution in [0.15, 0.2) is 48.5 Å². The molecule has 0 aliphatic carbocycles. The van der Waals surface area contributed by atoms with Crippen LogP contribution in [-0.2, 0) is 11.2 Å². The molecule has 1 aliphatic heterocycles. The summed E-state index contributed by atoms with van der Waals surface area (Å²) in [5, 5.41) is 2.85. The number of hydrogen-bond acceptors (Lipinski definition) is 3. The SMILES string of the molecule is CCc1ccc(NC(=O)C2COc3ccccc3O2)cc1. The van der Waals surface area contributed by atoms with Gasteiger partial charge in [0.15, 0.2) is 11.5 Å². The van der Waals surface area contributed by atoms with Crippen LogP contribution in [0.4, 0.5) is 5.69 Å². The molecule has 1 heterocycles. The second kappa shape index (κ2) is 5.87. The number of fused-ring (bicyclic) bond motifs is 1. The number of ether oxygens (including phenoxy) is 2. The molecule has 1 amide bonds. The van der Waals surface area contributed by atoms with Gasteiger partial charge in [-0.25, -0.2) is 0 Å². The van der Waals surface area contributed by atoms with Gasteiger partial charge < -0.3 is 14.8 Å². The fraction of sp³-hybridized carbons (Fsp3) is 0.235. The summed E-state index contributed by atoms with van der Waals surface area (Å²) in [7, 11) is 0. The smallest absolute Gasteiger partial charge is 0.269 e. The Kier molecular flexibility index (Phi) is 3.77. The first-order chi connectivity index (χ1) is 10.3. The lowest BCUT2D eigenvalue weighted by Crippen LogP contribution is -2.40. The maximum absolute atomic E-state index is 12.2. The van der Waals surface area contributed by atoms with Gasteiger partial charge in [-0.3, -0.25) is 4.79 Å². The van der Waals surface area contributed by atoms with Crippen LogP contribution >= 0.6 is 0 Å². The molecule has 0 bridgehead atoms.